The van der Waals surface area contributed by atoms with E-state index in [1.54, 1.807) is 37.4 Å². The minimum atomic E-state index is -0.700. The Kier molecular flexibility index (Phi) is 9.37. The van der Waals surface area contributed by atoms with Crippen LogP contribution in [0.1, 0.15) is 60.0 Å². The highest BCUT2D eigenvalue weighted by Gasteiger charge is 2.24. The largest absolute Gasteiger partial charge is 0.497 e. The number of β-amino-alcohol motifs (C(OH)–C–C–N with tert-alkyl or cyclic N) is 1. The van der Waals surface area contributed by atoms with Crippen LogP contribution in [0.25, 0.3) is 0 Å². The molecule has 0 fully saturated rings. The lowest BCUT2D eigenvalue weighted by Crippen LogP contribution is -2.42. The van der Waals surface area contributed by atoms with Gasteiger partial charge in [-0.1, -0.05) is 12.1 Å². The van der Waals surface area contributed by atoms with Crippen LogP contribution in [0.3, 0.4) is 0 Å². The Bertz CT molecular complexity index is 1720. The number of oxazole rings is 1. The minimum absolute atomic E-state index is 0.0238. The maximum Gasteiger partial charge on any atom is 0.254 e. The molecule has 0 bridgehead atoms. The zero-order chi connectivity index (χ0) is 32.2. The number of nitrogens with one attached hydrogen (secondary N) is 1. The predicted molar refractivity (Wildman–Crippen MR) is 172 cm³/mol. The molecular weight excluding hydrogens is 584 g/mol. The van der Waals surface area contributed by atoms with Crippen molar-refractivity contribution >= 4 is 11.8 Å². The number of benzene rings is 3. The van der Waals surface area contributed by atoms with Crippen LogP contribution in [0.15, 0.2) is 65.4 Å². The lowest BCUT2D eigenvalue weighted by atomic mass is 9.94. The van der Waals surface area contributed by atoms with Crippen molar-refractivity contribution in [3.8, 4) is 11.5 Å². The molecule has 1 atom stereocenters. The summed E-state index contributed by atoms with van der Waals surface area (Å²) in [5.74, 6) is 2.03. The van der Waals surface area contributed by atoms with Crippen molar-refractivity contribution in [2.75, 3.05) is 33.3 Å². The molecule has 1 aromatic heterocycles. The second-order valence-electron chi connectivity index (χ2n) is 12.0. The molecule has 0 radical (unpaired) electrons. The summed E-state index contributed by atoms with van der Waals surface area (Å²) in [6, 6.07) is 16.8. The number of methoxy groups -OCH3 is 1. The summed E-state index contributed by atoms with van der Waals surface area (Å²) in [4.78, 5) is 34.2. The van der Waals surface area contributed by atoms with Crippen LogP contribution in [-0.4, -0.2) is 71.1 Å². The number of aromatic nitrogens is 1. The fourth-order valence-electron chi connectivity index (χ4n) is 6.26. The number of amides is 2. The molecule has 6 rings (SSSR count). The number of aliphatic hydroxyl groups is 1. The fraction of sp³-hybridized carbons (Fsp3) is 0.361. The summed E-state index contributed by atoms with van der Waals surface area (Å²) in [5.41, 5.74) is 7.74. The first kappa shape index (κ1) is 31.3. The Hall–Kier alpha value is -4.67. The van der Waals surface area contributed by atoms with Gasteiger partial charge in [-0.05, 0) is 97.0 Å². The van der Waals surface area contributed by atoms with Gasteiger partial charge >= 0.3 is 0 Å². The Morgan fingerprint density at radius 2 is 1.76 bits per heavy atom. The van der Waals surface area contributed by atoms with Gasteiger partial charge < -0.3 is 29.2 Å². The second kappa shape index (κ2) is 13.8. The van der Waals surface area contributed by atoms with Gasteiger partial charge in [-0.15, -0.1) is 0 Å². The lowest BCUT2D eigenvalue weighted by Gasteiger charge is -2.31. The fourth-order valence-corrected chi connectivity index (χ4v) is 6.26. The third-order valence-electron chi connectivity index (χ3n) is 8.99. The predicted octanol–water partition coefficient (Wildman–Crippen LogP) is 4.23. The lowest BCUT2D eigenvalue weighted by molar-refractivity contribution is 0.0734. The van der Waals surface area contributed by atoms with Crippen LogP contribution in [0.5, 0.6) is 11.5 Å². The molecule has 0 aliphatic carbocycles. The highest BCUT2D eigenvalue weighted by molar-refractivity contribution is 5.95. The van der Waals surface area contributed by atoms with E-state index in [9.17, 15) is 14.7 Å². The van der Waals surface area contributed by atoms with Crippen LogP contribution in [-0.2, 0) is 32.5 Å². The van der Waals surface area contributed by atoms with Crippen molar-refractivity contribution in [1.82, 2.24) is 20.1 Å². The van der Waals surface area contributed by atoms with Crippen molar-refractivity contribution in [2.45, 2.75) is 52.5 Å². The van der Waals surface area contributed by atoms with E-state index in [4.69, 9.17) is 13.9 Å². The zero-order valence-electron chi connectivity index (χ0n) is 26.5. The van der Waals surface area contributed by atoms with E-state index in [2.05, 4.69) is 28.2 Å². The van der Waals surface area contributed by atoms with Crippen molar-refractivity contribution in [1.29, 1.82) is 0 Å². The van der Waals surface area contributed by atoms with E-state index >= 15 is 0 Å². The molecule has 1 unspecified atom stereocenters. The van der Waals surface area contributed by atoms with Crippen molar-refractivity contribution in [2.24, 2.45) is 0 Å². The van der Waals surface area contributed by atoms with Gasteiger partial charge in [0.15, 0.2) is 12.2 Å². The molecule has 3 heterocycles. The number of aryl methyl sites for hydroxylation is 1. The molecule has 4 aromatic rings. The SMILES string of the molecule is COc1ccc(C(=O)N2CCc3cc(C(=O)NCC(O)CN4CCc5c(ccc(OCc6ocnc6C)c5C)C4)ccc3C2)cc1. The number of carbonyl (C=O) groups is 2. The average molecular weight is 625 g/mol. The van der Waals surface area contributed by atoms with Gasteiger partial charge in [-0.2, -0.15) is 0 Å². The van der Waals surface area contributed by atoms with Crippen LogP contribution in [0.4, 0.5) is 0 Å². The van der Waals surface area contributed by atoms with Crippen molar-refractivity contribution in [3.05, 3.63) is 111 Å². The van der Waals surface area contributed by atoms with E-state index in [1.165, 1.54) is 17.5 Å². The number of aliphatic hydroxyl groups excluding tert-OH is 1. The Morgan fingerprint density at radius 1 is 0.978 bits per heavy atom. The highest BCUT2D eigenvalue weighted by Crippen LogP contribution is 2.30. The molecule has 0 spiro atoms. The highest BCUT2D eigenvalue weighted by atomic mass is 16.5. The van der Waals surface area contributed by atoms with E-state index in [0.29, 0.717) is 49.5 Å². The first-order valence-corrected chi connectivity index (χ1v) is 15.7. The summed E-state index contributed by atoms with van der Waals surface area (Å²) in [7, 11) is 1.60. The zero-order valence-corrected chi connectivity index (χ0v) is 26.5. The second-order valence-corrected chi connectivity index (χ2v) is 12.0. The van der Waals surface area contributed by atoms with Gasteiger partial charge in [0, 0.05) is 50.4 Å². The van der Waals surface area contributed by atoms with Gasteiger partial charge in [-0.25, -0.2) is 4.98 Å². The van der Waals surface area contributed by atoms with E-state index < -0.39 is 6.10 Å². The quantitative estimate of drug-likeness (QED) is 0.269. The molecule has 0 saturated carbocycles. The van der Waals surface area contributed by atoms with Crippen molar-refractivity contribution < 1.29 is 28.6 Å². The minimum Gasteiger partial charge on any atom is -0.497 e. The molecule has 2 aliphatic heterocycles. The third-order valence-corrected chi connectivity index (χ3v) is 8.99. The summed E-state index contributed by atoms with van der Waals surface area (Å²) >= 11 is 0. The molecule has 46 heavy (non-hydrogen) atoms. The molecule has 2 N–H and O–H groups in total. The Labute approximate surface area is 268 Å². The molecule has 3 aromatic carbocycles. The molecule has 10 nitrogen and oxygen atoms in total. The number of ether oxygens (including phenoxy) is 2. The summed E-state index contributed by atoms with van der Waals surface area (Å²) in [6.45, 7) is 7.56. The summed E-state index contributed by atoms with van der Waals surface area (Å²) in [5, 5.41) is 13.7. The van der Waals surface area contributed by atoms with Gasteiger partial charge in [0.2, 0.25) is 0 Å². The smallest absolute Gasteiger partial charge is 0.254 e. The van der Waals surface area contributed by atoms with Crippen LogP contribution < -0.4 is 14.8 Å². The van der Waals surface area contributed by atoms with E-state index in [-0.39, 0.29) is 18.4 Å². The third kappa shape index (κ3) is 6.93. The molecule has 2 amide bonds. The summed E-state index contributed by atoms with van der Waals surface area (Å²) < 4.78 is 16.6. The average Bonchev–Trinajstić information content (AvgIpc) is 3.50. The van der Waals surface area contributed by atoms with E-state index in [1.807, 2.05) is 30.0 Å². The van der Waals surface area contributed by atoms with Crippen LogP contribution >= 0.6 is 0 Å². The van der Waals surface area contributed by atoms with Gasteiger partial charge in [0.1, 0.15) is 18.1 Å². The van der Waals surface area contributed by atoms with Crippen LogP contribution in [0.2, 0.25) is 0 Å². The molecule has 10 heteroatoms. The number of fused-ring (bicyclic) bond motifs is 2. The first-order chi connectivity index (χ1) is 22.3. The maximum absolute atomic E-state index is 13.0. The van der Waals surface area contributed by atoms with Gasteiger partial charge in [-0.3, -0.25) is 14.5 Å². The van der Waals surface area contributed by atoms with Crippen LogP contribution in [0, 0.1) is 13.8 Å². The molecule has 0 saturated heterocycles. The first-order valence-electron chi connectivity index (χ1n) is 15.7. The van der Waals surface area contributed by atoms with Crippen molar-refractivity contribution in [3.63, 3.8) is 0 Å². The number of rotatable bonds is 10. The monoisotopic (exact) mass is 624 g/mol. The Balaban J connectivity index is 0.978. The normalized spacial score (nSPS) is 15.1. The Morgan fingerprint density at radius 3 is 2.52 bits per heavy atom. The summed E-state index contributed by atoms with van der Waals surface area (Å²) in [6.07, 6.45) is 2.26. The molecular formula is C36H40N4O6. The number of hydrogen-bond donors (Lipinski definition) is 2. The number of nitrogens with zero attached hydrogens (tertiary/aromatic N) is 3. The van der Waals surface area contributed by atoms with E-state index in [0.717, 1.165) is 53.4 Å². The van der Waals surface area contributed by atoms with Gasteiger partial charge in [0.25, 0.3) is 11.8 Å². The topological polar surface area (TPSA) is 117 Å². The number of hydrogen-bond acceptors (Lipinski definition) is 8. The van der Waals surface area contributed by atoms with Gasteiger partial charge in [0.05, 0.1) is 18.9 Å². The standard InChI is InChI=1S/C36H40N4O6/c1-23-32-13-14-39(18-29(32)8-11-33(23)45-21-34-24(2)38-22-46-34)20-30(41)17-37-35(42)27-4-5-28-19-40(15-12-26(28)16-27)36(43)25-6-9-31(44-3)10-7-25/h4-11,16,22,30,41H,12-15,17-21H2,1-3H3,(H,37,42). The molecule has 240 valence electrons. The number of carbonyl (C=O) groups excluding carboxylic acids is 2. The molecule has 2 aliphatic rings. The maximum atomic E-state index is 13.0.